The summed E-state index contributed by atoms with van der Waals surface area (Å²) in [7, 11) is 0. The number of rotatable bonds is 7. The molecule has 4 nitrogen and oxygen atoms in total. The molecule has 0 spiro atoms. The Morgan fingerprint density at radius 2 is 2.17 bits per heavy atom. The lowest BCUT2D eigenvalue weighted by molar-refractivity contribution is 1.07. The Morgan fingerprint density at radius 3 is 2.94 bits per heavy atom. The monoisotopic (exact) mass is 300 g/mol. The van der Waals surface area contributed by atoms with Crippen molar-refractivity contribution < 1.29 is 0 Å². The molecule has 0 aliphatic rings. The zero-order valence-corrected chi connectivity index (χ0v) is 12.9. The molecule has 0 fully saturated rings. The average Bonchev–Trinajstić information content (AvgIpc) is 2.98. The van der Waals surface area contributed by atoms with E-state index in [2.05, 4.69) is 34.3 Å². The Hall–Kier alpha value is -0.660. The van der Waals surface area contributed by atoms with Crippen LogP contribution in [0.4, 0.5) is 5.13 Å². The van der Waals surface area contributed by atoms with Gasteiger partial charge in [-0.3, -0.25) is 0 Å². The highest BCUT2D eigenvalue weighted by molar-refractivity contribution is 7.98. The summed E-state index contributed by atoms with van der Waals surface area (Å²) in [6.07, 6.45) is 3.12. The quantitative estimate of drug-likeness (QED) is 0.789. The molecular formula is C11H16N4S3. The van der Waals surface area contributed by atoms with Crippen molar-refractivity contribution in [3.63, 3.8) is 0 Å². The van der Waals surface area contributed by atoms with Gasteiger partial charge in [0.2, 0.25) is 5.13 Å². The molecule has 0 amide bonds. The van der Waals surface area contributed by atoms with Crippen LogP contribution in [0.3, 0.4) is 0 Å². The second kappa shape index (κ2) is 7.06. The first-order valence-electron chi connectivity index (χ1n) is 5.93. The summed E-state index contributed by atoms with van der Waals surface area (Å²) in [6, 6.07) is 0. The molecule has 98 valence electrons. The van der Waals surface area contributed by atoms with Gasteiger partial charge in [-0.15, -0.1) is 21.5 Å². The van der Waals surface area contributed by atoms with Crippen molar-refractivity contribution in [2.75, 3.05) is 17.6 Å². The summed E-state index contributed by atoms with van der Waals surface area (Å²) in [5.74, 6) is 2.19. The van der Waals surface area contributed by atoms with Gasteiger partial charge in [0.25, 0.3) is 0 Å². The first kappa shape index (κ1) is 13.8. The van der Waals surface area contributed by atoms with Crippen LogP contribution in [-0.2, 0) is 5.75 Å². The van der Waals surface area contributed by atoms with Gasteiger partial charge in [-0.25, -0.2) is 4.98 Å². The summed E-state index contributed by atoms with van der Waals surface area (Å²) >= 11 is 5.23. The molecule has 2 heterocycles. The van der Waals surface area contributed by atoms with Crippen LogP contribution in [0.1, 0.15) is 25.3 Å². The van der Waals surface area contributed by atoms with Gasteiger partial charge < -0.3 is 5.32 Å². The number of thiazole rings is 1. The minimum atomic E-state index is 0.871. The maximum absolute atomic E-state index is 4.44. The Kier molecular flexibility index (Phi) is 5.40. The Labute approximate surface area is 119 Å². The Balaban J connectivity index is 1.99. The van der Waals surface area contributed by atoms with Crippen molar-refractivity contribution in [3.8, 4) is 9.88 Å². The largest absolute Gasteiger partial charge is 0.360 e. The fourth-order valence-electron chi connectivity index (χ4n) is 1.33. The van der Waals surface area contributed by atoms with E-state index in [1.807, 2.05) is 18.0 Å². The zero-order chi connectivity index (χ0) is 12.8. The lowest BCUT2D eigenvalue weighted by Gasteiger charge is -1.93. The normalized spacial score (nSPS) is 10.8. The number of thioether (sulfide) groups is 1. The van der Waals surface area contributed by atoms with Gasteiger partial charge in [0, 0.05) is 18.5 Å². The van der Waals surface area contributed by atoms with Crippen molar-refractivity contribution in [3.05, 3.63) is 11.2 Å². The number of hydrogen-bond acceptors (Lipinski definition) is 7. The maximum Gasteiger partial charge on any atom is 0.206 e. The summed E-state index contributed by atoms with van der Waals surface area (Å²) in [4.78, 5) is 5.55. The second-order valence-electron chi connectivity index (χ2n) is 3.61. The fraction of sp³-hybridized carbons (Fsp3) is 0.545. The zero-order valence-electron chi connectivity index (χ0n) is 10.5. The third-order valence-electron chi connectivity index (χ3n) is 2.09. The average molecular weight is 300 g/mol. The van der Waals surface area contributed by atoms with E-state index in [-0.39, 0.29) is 0 Å². The summed E-state index contributed by atoms with van der Waals surface area (Å²) in [5.41, 5.74) is 0. The molecule has 0 atom stereocenters. The van der Waals surface area contributed by atoms with Crippen molar-refractivity contribution >= 4 is 39.6 Å². The van der Waals surface area contributed by atoms with Crippen LogP contribution in [0, 0.1) is 0 Å². The molecule has 0 saturated heterocycles. The number of nitrogens with zero attached hydrogens (tertiary/aromatic N) is 3. The van der Waals surface area contributed by atoms with Gasteiger partial charge in [0.1, 0.15) is 5.01 Å². The molecular weight excluding hydrogens is 284 g/mol. The number of nitrogens with one attached hydrogen (secondary N) is 1. The van der Waals surface area contributed by atoms with Crippen LogP contribution >= 0.6 is 34.4 Å². The molecule has 0 radical (unpaired) electrons. The molecule has 0 aliphatic carbocycles. The summed E-state index contributed by atoms with van der Waals surface area (Å²) in [5, 5.41) is 14.5. The second-order valence-corrected chi connectivity index (χ2v) is 6.81. The van der Waals surface area contributed by atoms with Gasteiger partial charge >= 0.3 is 0 Å². The minimum Gasteiger partial charge on any atom is -0.360 e. The van der Waals surface area contributed by atoms with E-state index in [9.17, 15) is 0 Å². The molecule has 1 N–H and O–H groups in total. The third kappa shape index (κ3) is 3.66. The van der Waals surface area contributed by atoms with Crippen molar-refractivity contribution in [2.24, 2.45) is 0 Å². The molecule has 0 bridgehead atoms. The van der Waals surface area contributed by atoms with Crippen LogP contribution in [0.2, 0.25) is 0 Å². The van der Waals surface area contributed by atoms with Crippen molar-refractivity contribution in [1.82, 2.24) is 15.2 Å². The first-order chi connectivity index (χ1) is 8.83. The Morgan fingerprint density at radius 1 is 1.28 bits per heavy atom. The fourth-order valence-corrected chi connectivity index (χ4v) is 4.05. The standard InChI is InChI=1S/C11H16N4S3/c1-3-5-16-7-9-13-6-8(17-9)10-14-15-11(18-10)12-4-2/h6H,3-5,7H2,1-2H3,(H,12,15). The van der Waals surface area contributed by atoms with E-state index in [0.717, 1.165) is 27.3 Å². The molecule has 18 heavy (non-hydrogen) atoms. The van der Waals surface area contributed by atoms with Gasteiger partial charge in [-0.1, -0.05) is 18.3 Å². The highest BCUT2D eigenvalue weighted by atomic mass is 32.2. The van der Waals surface area contributed by atoms with E-state index in [1.165, 1.54) is 17.2 Å². The van der Waals surface area contributed by atoms with Crippen LogP contribution in [0.5, 0.6) is 0 Å². The van der Waals surface area contributed by atoms with Crippen LogP contribution in [0.15, 0.2) is 6.20 Å². The topological polar surface area (TPSA) is 50.7 Å². The molecule has 2 aromatic heterocycles. The van der Waals surface area contributed by atoms with Gasteiger partial charge in [-0.2, -0.15) is 11.8 Å². The number of aromatic nitrogens is 3. The molecule has 0 saturated carbocycles. The molecule has 7 heteroatoms. The van der Waals surface area contributed by atoms with E-state index < -0.39 is 0 Å². The van der Waals surface area contributed by atoms with Gasteiger partial charge in [0.05, 0.1) is 4.88 Å². The third-order valence-corrected chi connectivity index (χ3v) is 5.50. The highest BCUT2D eigenvalue weighted by Gasteiger charge is 2.10. The Bertz CT molecular complexity index is 480. The molecule has 0 aromatic carbocycles. The van der Waals surface area contributed by atoms with E-state index in [1.54, 1.807) is 22.7 Å². The number of hydrogen-bond donors (Lipinski definition) is 1. The number of anilines is 1. The summed E-state index contributed by atoms with van der Waals surface area (Å²) < 4.78 is 0. The van der Waals surface area contributed by atoms with Crippen LogP contribution in [-0.4, -0.2) is 27.5 Å². The predicted octanol–water partition coefficient (Wildman–Crippen LogP) is 3.74. The van der Waals surface area contributed by atoms with Crippen molar-refractivity contribution in [2.45, 2.75) is 26.0 Å². The molecule has 0 unspecified atom stereocenters. The highest BCUT2D eigenvalue weighted by Crippen LogP contribution is 2.31. The van der Waals surface area contributed by atoms with Gasteiger partial charge in [0.15, 0.2) is 5.01 Å². The molecule has 2 aromatic rings. The smallest absolute Gasteiger partial charge is 0.206 e. The maximum atomic E-state index is 4.44. The first-order valence-corrected chi connectivity index (χ1v) is 8.72. The van der Waals surface area contributed by atoms with E-state index in [4.69, 9.17) is 0 Å². The van der Waals surface area contributed by atoms with Crippen LogP contribution < -0.4 is 5.32 Å². The SMILES string of the molecule is CCCSCc1ncc(-c2nnc(NCC)s2)s1. The van der Waals surface area contributed by atoms with E-state index in [0.29, 0.717) is 0 Å². The van der Waals surface area contributed by atoms with Crippen LogP contribution in [0.25, 0.3) is 9.88 Å². The molecule has 2 rings (SSSR count). The van der Waals surface area contributed by atoms with E-state index >= 15 is 0 Å². The van der Waals surface area contributed by atoms with Crippen molar-refractivity contribution in [1.29, 1.82) is 0 Å². The lowest BCUT2D eigenvalue weighted by atomic mass is 10.6. The molecule has 0 aliphatic heterocycles. The predicted molar refractivity (Wildman–Crippen MR) is 81.6 cm³/mol. The minimum absolute atomic E-state index is 0.871. The summed E-state index contributed by atoms with van der Waals surface area (Å²) in [6.45, 7) is 5.12. The lowest BCUT2D eigenvalue weighted by Crippen LogP contribution is -1.94. The van der Waals surface area contributed by atoms with Gasteiger partial charge in [-0.05, 0) is 19.1 Å².